The minimum Gasteiger partial charge on any atom is -0.495 e. The summed E-state index contributed by atoms with van der Waals surface area (Å²) in [5.74, 6) is 1.33. The molecule has 31 heavy (non-hydrogen) atoms. The maximum Gasteiger partial charge on any atom is 0.160 e. The van der Waals surface area contributed by atoms with E-state index < -0.39 is 0 Å². The van der Waals surface area contributed by atoms with Crippen LogP contribution >= 0.6 is 11.3 Å². The Morgan fingerprint density at radius 2 is 2.03 bits per heavy atom. The zero-order valence-corrected chi connectivity index (χ0v) is 17.1. The van der Waals surface area contributed by atoms with Crippen molar-refractivity contribution >= 4 is 33.4 Å². The second-order valence-corrected chi connectivity index (χ2v) is 7.87. The van der Waals surface area contributed by atoms with E-state index >= 15 is 0 Å². The van der Waals surface area contributed by atoms with Gasteiger partial charge in [0.25, 0.3) is 0 Å². The van der Waals surface area contributed by atoms with Gasteiger partial charge in [0.1, 0.15) is 17.0 Å². The van der Waals surface area contributed by atoms with Crippen molar-refractivity contribution in [2.24, 2.45) is 0 Å². The van der Waals surface area contributed by atoms with Gasteiger partial charge in [0.15, 0.2) is 11.5 Å². The number of rotatable bonds is 4. The Morgan fingerprint density at radius 1 is 1.06 bits per heavy atom. The Bertz CT molecular complexity index is 1530. The summed E-state index contributed by atoms with van der Waals surface area (Å²) in [6, 6.07) is 9.98. The molecule has 0 aliphatic heterocycles. The molecule has 0 amide bonds. The topological polar surface area (TPSA) is 105 Å². The van der Waals surface area contributed by atoms with E-state index in [1.165, 1.54) is 0 Å². The van der Waals surface area contributed by atoms with Crippen LogP contribution in [-0.2, 0) is 0 Å². The summed E-state index contributed by atoms with van der Waals surface area (Å²) < 4.78 is 5.29. The van der Waals surface area contributed by atoms with Crippen molar-refractivity contribution in [3.05, 3.63) is 60.5 Å². The molecule has 0 spiro atoms. The molecule has 0 saturated heterocycles. The lowest BCUT2D eigenvalue weighted by Gasteiger charge is -2.03. The zero-order chi connectivity index (χ0) is 20.8. The van der Waals surface area contributed by atoms with Crippen LogP contribution in [0.2, 0.25) is 0 Å². The quantitative estimate of drug-likeness (QED) is 0.424. The van der Waals surface area contributed by atoms with Gasteiger partial charge in [-0.15, -0.1) is 11.3 Å². The second kappa shape index (κ2) is 6.99. The number of thiophene rings is 1. The molecule has 150 valence electrons. The average molecular weight is 425 g/mol. The number of H-pyrrole nitrogens is 2. The Kier molecular flexibility index (Phi) is 4.00. The third-order valence-corrected chi connectivity index (χ3v) is 5.99. The number of nitrogens with zero attached hydrogens (tertiary/aromatic N) is 5. The maximum atomic E-state index is 5.29. The van der Waals surface area contributed by atoms with E-state index in [0.29, 0.717) is 17.3 Å². The molecule has 0 aliphatic rings. The van der Waals surface area contributed by atoms with E-state index in [-0.39, 0.29) is 0 Å². The highest BCUT2D eigenvalue weighted by atomic mass is 32.1. The summed E-state index contributed by atoms with van der Waals surface area (Å²) >= 11 is 1.67. The molecule has 8 nitrogen and oxygen atoms in total. The van der Waals surface area contributed by atoms with Gasteiger partial charge in [-0.2, -0.15) is 5.10 Å². The first kappa shape index (κ1) is 17.7. The monoisotopic (exact) mass is 425 g/mol. The maximum absolute atomic E-state index is 5.29. The van der Waals surface area contributed by atoms with Gasteiger partial charge in [0.2, 0.25) is 0 Å². The summed E-state index contributed by atoms with van der Waals surface area (Å²) in [4.78, 5) is 22.5. The molecule has 6 heterocycles. The third kappa shape index (κ3) is 2.94. The average Bonchev–Trinajstić information content (AvgIpc) is 3.57. The highest BCUT2D eigenvalue weighted by Gasteiger charge is 2.17. The highest BCUT2D eigenvalue weighted by Crippen LogP contribution is 2.33. The Morgan fingerprint density at radius 3 is 2.90 bits per heavy atom. The number of imidazole rings is 1. The second-order valence-electron chi connectivity index (χ2n) is 6.92. The van der Waals surface area contributed by atoms with Crippen molar-refractivity contribution in [2.75, 3.05) is 7.11 Å². The smallest absolute Gasteiger partial charge is 0.160 e. The van der Waals surface area contributed by atoms with Crippen molar-refractivity contribution < 1.29 is 4.74 Å². The van der Waals surface area contributed by atoms with Crippen molar-refractivity contribution in [1.29, 1.82) is 0 Å². The van der Waals surface area contributed by atoms with E-state index in [9.17, 15) is 0 Å². The van der Waals surface area contributed by atoms with Crippen LogP contribution in [0.4, 0.5) is 0 Å². The summed E-state index contributed by atoms with van der Waals surface area (Å²) in [5, 5.41) is 10.5. The predicted molar refractivity (Wildman–Crippen MR) is 120 cm³/mol. The van der Waals surface area contributed by atoms with Gasteiger partial charge < -0.3 is 9.72 Å². The minimum absolute atomic E-state index is 0.652. The fourth-order valence-corrected chi connectivity index (χ4v) is 4.33. The van der Waals surface area contributed by atoms with Crippen LogP contribution in [0.25, 0.3) is 55.3 Å². The normalized spacial score (nSPS) is 11.4. The molecule has 6 rings (SSSR count). The van der Waals surface area contributed by atoms with Crippen molar-refractivity contribution in [3.63, 3.8) is 0 Å². The molecule has 0 saturated carbocycles. The number of pyridine rings is 3. The van der Waals surface area contributed by atoms with Crippen molar-refractivity contribution in [1.82, 2.24) is 35.1 Å². The first-order chi connectivity index (χ1) is 15.3. The number of ether oxygens (including phenoxy) is 1. The van der Waals surface area contributed by atoms with Gasteiger partial charge in [0.05, 0.1) is 30.7 Å². The Balaban J connectivity index is 1.50. The minimum atomic E-state index is 0.652. The lowest BCUT2D eigenvalue weighted by atomic mass is 10.1. The molecule has 0 aromatic carbocycles. The summed E-state index contributed by atoms with van der Waals surface area (Å²) in [6.07, 6.45) is 6.98. The molecular formula is C22H15N7OS. The molecule has 0 aliphatic carbocycles. The lowest BCUT2D eigenvalue weighted by molar-refractivity contribution is 0.413. The van der Waals surface area contributed by atoms with Crippen LogP contribution < -0.4 is 4.74 Å². The first-order valence-corrected chi connectivity index (χ1v) is 10.4. The van der Waals surface area contributed by atoms with Crippen LogP contribution in [0.1, 0.15) is 0 Å². The summed E-state index contributed by atoms with van der Waals surface area (Å²) in [7, 11) is 1.62. The van der Waals surface area contributed by atoms with Crippen LogP contribution in [0.3, 0.4) is 0 Å². The van der Waals surface area contributed by atoms with Gasteiger partial charge in [-0.25, -0.2) is 9.97 Å². The molecule has 0 atom stereocenters. The van der Waals surface area contributed by atoms with Crippen molar-refractivity contribution in [3.8, 4) is 39.0 Å². The lowest BCUT2D eigenvalue weighted by Crippen LogP contribution is -1.89. The van der Waals surface area contributed by atoms with Crippen molar-refractivity contribution in [2.45, 2.75) is 0 Å². The largest absolute Gasteiger partial charge is 0.495 e. The van der Waals surface area contributed by atoms with E-state index in [0.717, 1.165) is 43.8 Å². The van der Waals surface area contributed by atoms with Crippen LogP contribution in [0.15, 0.2) is 60.5 Å². The molecular weight excluding hydrogens is 410 g/mol. The number of hydrogen-bond acceptors (Lipinski definition) is 7. The fourth-order valence-electron chi connectivity index (χ4n) is 3.58. The van der Waals surface area contributed by atoms with E-state index in [2.05, 4.69) is 41.6 Å². The van der Waals surface area contributed by atoms with E-state index in [4.69, 9.17) is 9.72 Å². The molecule has 0 fully saturated rings. The van der Waals surface area contributed by atoms with E-state index in [1.807, 2.05) is 24.3 Å². The number of hydrogen-bond donors (Lipinski definition) is 2. The predicted octanol–water partition coefficient (Wildman–Crippen LogP) is 4.70. The highest BCUT2D eigenvalue weighted by molar-refractivity contribution is 7.13. The van der Waals surface area contributed by atoms with Crippen LogP contribution in [0, 0.1) is 0 Å². The van der Waals surface area contributed by atoms with Gasteiger partial charge in [-0.1, -0.05) is 6.07 Å². The van der Waals surface area contributed by atoms with Gasteiger partial charge in [-0.3, -0.25) is 15.1 Å². The molecule has 0 radical (unpaired) electrons. The number of methoxy groups -OCH3 is 1. The molecule has 9 heteroatoms. The SMILES string of the molecule is COc1cncc(-c2cc3c(-c4nc5c(-c6cccs6)ccnc5[nH]4)n[nH]c3cn2)c1. The number of aromatic nitrogens is 7. The molecule has 0 bridgehead atoms. The molecule has 0 unspecified atom stereocenters. The molecule has 6 aromatic heterocycles. The number of aromatic amines is 2. The van der Waals surface area contributed by atoms with E-state index in [1.54, 1.807) is 43.2 Å². The zero-order valence-electron chi connectivity index (χ0n) is 16.3. The van der Waals surface area contributed by atoms with Crippen LogP contribution in [-0.4, -0.2) is 42.2 Å². The molecule has 6 aromatic rings. The molecule has 2 N–H and O–H groups in total. The Labute approximate surface area is 180 Å². The van der Waals surface area contributed by atoms with Gasteiger partial charge >= 0.3 is 0 Å². The van der Waals surface area contributed by atoms with Crippen LogP contribution in [0.5, 0.6) is 5.75 Å². The Hall–Kier alpha value is -4.11. The first-order valence-electron chi connectivity index (χ1n) is 9.52. The fraction of sp³-hybridized carbons (Fsp3) is 0.0455. The third-order valence-electron chi connectivity index (χ3n) is 5.09. The number of nitrogens with one attached hydrogen (secondary N) is 2. The van der Waals surface area contributed by atoms with Gasteiger partial charge in [-0.05, 0) is 29.6 Å². The van der Waals surface area contributed by atoms with Gasteiger partial charge in [0, 0.05) is 33.8 Å². The summed E-state index contributed by atoms with van der Waals surface area (Å²) in [5.41, 5.74) is 5.76. The number of fused-ring (bicyclic) bond motifs is 2. The standard InChI is InChI=1S/C22H15N7OS/c1-30-13-7-12(9-23-10-13)16-8-15-17(11-25-16)28-29-20(15)22-26-19-14(18-3-2-6-31-18)4-5-24-21(19)27-22/h2-11H,1H3,(H,28,29)(H,24,26,27). The summed E-state index contributed by atoms with van der Waals surface area (Å²) in [6.45, 7) is 0.